The Kier molecular flexibility index (Phi) is 7.18. The molecule has 0 unspecified atom stereocenters. The van der Waals surface area contributed by atoms with Crippen molar-refractivity contribution in [3.8, 4) is 0 Å². The van der Waals surface area contributed by atoms with E-state index in [9.17, 15) is 14.4 Å². The van der Waals surface area contributed by atoms with Crippen molar-refractivity contribution < 1.29 is 23.9 Å². The second-order valence-electron chi connectivity index (χ2n) is 3.61. The molecule has 0 radical (unpaired) electrons. The van der Waals surface area contributed by atoms with Crippen LogP contribution in [0.2, 0.25) is 0 Å². The number of carbonyl (C=O) groups excluding carboxylic acids is 3. The van der Waals surface area contributed by atoms with Gasteiger partial charge in [-0.25, -0.2) is 0 Å². The van der Waals surface area contributed by atoms with Crippen LogP contribution in [0.3, 0.4) is 0 Å². The quantitative estimate of drug-likeness (QED) is 0.499. The minimum absolute atomic E-state index is 0.182. The van der Waals surface area contributed by atoms with E-state index in [1.165, 1.54) is 6.92 Å². The Labute approximate surface area is 101 Å². The molecule has 5 heteroatoms. The number of carbonyl (C=O) groups is 3. The van der Waals surface area contributed by atoms with Crippen LogP contribution in [-0.4, -0.2) is 30.9 Å². The SMILES string of the molecule is CCOC(=O)[C@H](C(C)=O)[C@@H](CC)C(=O)OCC. The zero-order valence-electron chi connectivity index (χ0n) is 10.8. The summed E-state index contributed by atoms with van der Waals surface area (Å²) in [5.74, 6) is -3.36. The number of ketones is 1. The monoisotopic (exact) mass is 244 g/mol. The molecular weight excluding hydrogens is 224 g/mol. The molecule has 0 saturated heterocycles. The Hall–Kier alpha value is -1.39. The summed E-state index contributed by atoms with van der Waals surface area (Å²) in [4.78, 5) is 34.8. The molecule has 0 aromatic carbocycles. The highest BCUT2D eigenvalue weighted by Crippen LogP contribution is 2.20. The first-order valence-electron chi connectivity index (χ1n) is 5.83. The molecule has 0 aromatic rings. The number of hydrogen-bond acceptors (Lipinski definition) is 5. The third kappa shape index (κ3) is 4.54. The van der Waals surface area contributed by atoms with Crippen LogP contribution in [-0.2, 0) is 23.9 Å². The zero-order valence-corrected chi connectivity index (χ0v) is 10.8. The lowest BCUT2D eigenvalue weighted by molar-refractivity contribution is -0.163. The predicted molar refractivity (Wildman–Crippen MR) is 61.2 cm³/mol. The van der Waals surface area contributed by atoms with Gasteiger partial charge in [0.1, 0.15) is 11.7 Å². The third-order valence-corrected chi connectivity index (χ3v) is 2.41. The lowest BCUT2D eigenvalue weighted by atomic mass is 9.87. The highest BCUT2D eigenvalue weighted by molar-refractivity contribution is 6.01. The Balaban J connectivity index is 4.93. The van der Waals surface area contributed by atoms with Gasteiger partial charge >= 0.3 is 11.9 Å². The van der Waals surface area contributed by atoms with Gasteiger partial charge < -0.3 is 9.47 Å². The van der Waals surface area contributed by atoms with Gasteiger partial charge in [-0.3, -0.25) is 14.4 Å². The first-order chi connectivity index (χ1) is 7.99. The van der Waals surface area contributed by atoms with E-state index < -0.39 is 23.8 Å². The van der Waals surface area contributed by atoms with Crippen LogP contribution in [0.4, 0.5) is 0 Å². The van der Waals surface area contributed by atoms with E-state index in [0.717, 1.165) is 0 Å². The van der Waals surface area contributed by atoms with Crippen molar-refractivity contribution in [3.63, 3.8) is 0 Å². The molecule has 0 N–H and O–H groups in total. The summed E-state index contributed by atoms with van der Waals surface area (Å²) in [5.41, 5.74) is 0. The molecule has 17 heavy (non-hydrogen) atoms. The van der Waals surface area contributed by atoms with Gasteiger partial charge in [-0.15, -0.1) is 0 Å². The molecule has 0 aliphatic carbocycles. The average Bonchev–Trinajstić information content (AvgIpc) is 2.25. The van der Waals surface area contributed by atoms with E-state index in [1.54, 1.807) is 20.8 Å². The summed E-state index contributed by atoms with van der Waals surface area (Å²) in [6, 6.07) is 0. The van der Waals surface area contributed by atoms with Gasteiger partial charge in [0.2, 0.25) is 0 Å². The predicted octanol–water partition coefficient (Wildman–Crippen LogP) is 1.34. The first-order valence-corrected chi connectivity index (χ1v) is 5.83. The molecule has 0 fully saturated rings. The van der Waals surface area contributed by atoms with E-state index in [2.05, 4.69) is 0 Å². The van der Waals surface area contributed by atoms with Crippen LogP contribution >= 0.6 is 0 Å². The van der Waals surface area contributed by atoms with E-state index >= 15 is 0 Å². The van der Waals surface area contributed by atoms with Crippen molar-refractivity contribution in [2.75, 3.05) is 13.2 Å². The summed E-state index contributed by atoms with van der Waals surface area (Å²) < 4.78 is 9.66. The Bertz CT molecular complexity index is 285. The lowest BCUT2D eigenvalue weighted by Crippen LogP contribution is -2.36. The molecule has 0 heterocycles. The van der Waals surface area contributed by atoms with Gasteiger partial charge in [0.25, 0.3) is 0 Å². The van der Waals surface area contributed by atoms with Crippen LogP contribution < -0.4 is 0 Å². The van der Waals surface area contributed by atoms with Gasteiger partial charge in [-0.05, 0) is 27.2 Å². The number of Topliss-reactive ketones (excluding diaryl/α,β-unsaturated/α-hetero) is 1. The fraction of sp³-hybridized carbons (Fsp3) is 0.750. The number of esters is 2. The molecule has 0 amide bonds. The van der Waals surface area contributed by atoms with Crippen molar-refractivity contribution in [2.45, 2.75) is 34.1 Å². The minimum Gasteiger partial charge on any atom is -0.466 e. The van der Waals surface area contributed by atoms with Crippen LogP contribution in [0.1, 0.15) is 34.1 Å². The molecule has 0 rings (SSSR count). The fourth-order valence-corrected chi connectivity index (χ4v) is 1.63. The van der Waals surface area contributed by atoms with Gasteiger partial charge in [-0.1, -0.05) is 6.92 Å². The van der Waals surface area contributed by atoms with E-state index in [0.29, 0.717) is 6.42 Å². The minimum atomic E-state index is -1.06. The van der Waals surface area contributed by atoms with Crippen LogP contribution in [0.5, 0.6) is 0 Å². The van der Waals surface area contributed by atoms with Crippen molar-refractivity contribution in [1.82, 2.24) is 0 Å². The molecule has 0 aliphatic heterocycles. The van der Waals surface area contributed by atoms with Gasteiger partial charge in [0, 0.05) is 0 Å². The molecule has 2 atom stereocenters. The summed E-state index contributed by atoms with van der Waals surface area (Å²) in [5, 5.41) is 0. The van der Waals surface area contributed by atoms with E-state index in [-0.39, 0.29) is 19.0 Å². The number of ether oxygens (including phenoxy) is 2. The smallest absolute Gasteiger partial charge is 0.317 e. The maximum atomic E-state index is 11.6. The van der Waals surface area contributed by atoms with Crippen molar-refractivity contribution >= 4 is 17.7 Å². The molecule has 0 spiro atoms. The molecule has 5 nitrogen and oxygen atoms in total. The Morgan fingerprint density at radius 2 is 1.41 bits per heavy atom. The highest BCUT2D eigenvalue weighted by Gasteiger charge is 2.37. The maximum Gasteiger partial charge on any atom is 0.317 e. The van der Waals surface area contributed by atoms with E-state index in [1.807, 2.05) is 0 Å². The second kappa shape index (κ2) is 7.81. The maximum absolute atomic E-state index is 11.6. The first kappa shape index (κ1) is 15.6. The molecule has 0 bridgehead atoms. The lowest BCUT2D eigenvalue weighted by Gasteiger charge is -2.20. The van der Waals surface area contributed by atoms with E-state index in [4.69, 9.17) is 9.47 Å². The number of hydrogen-bond donors (Lipinski definition) is 0. The molecule has 98 valence electrons. The van der Waals surface area contributed by atoms with Crippen molar-refractivity contribution in [1.29, 1.82) is 0 Å². The van der Waals surface area contributed by atoms with Gasteiger partial charge in [-0.2, -0.15) is 0 Å². The normalized spacial score (nSPS) is 13.6. The summed E-state index contributed by atoms with van der Waals surface area (Å²) >= 11 is 0. The Morgan fingerprint density at radius 1 is 0.941 bits per heavy atom. The molecule has 0 aromatic heterocycles. The third-order valence-electron chi connectivity index (χ3n) is 2.41. The second-order valence-corrected chi connectivity index (χ2v) is 3.61. The summed E-state index contributed by atoms with van der Waals surface area (Å²) in [7, 11) is 0. The summed E-state index contributed by atoms with van der Waals surface area (Å²) in [6.45, 7) is 6.75. The topological polar surface area (TPSA) is 69.7 Å². The number of rotatable bonds is 7. The van der Waals surface area contributed by atoms with Crippen molar-refractivity contribution in [2.24, 2.45) is 11.8 Å². The largest absolute Gasteiger partial charge is 0.466 e. The zero-order chi connectivity index (χ0) is 13.4. The van der Waals surface area contributed by atoms with Crippen LogP contribution in [0.15, 0.2) is 0 Å². The van der Waals surface area contributed by atoms with Crippen LogP contribution in [0.25, 0.3) is 0 Å². The Morgan fingerprint density at radius 3 is 1.76 bits per heavy atom. The van der Waals surface area contributed by atoms with Crippen molar-refractivity contribution in [3.05, 3.63) is 0 Å². The molecular formula is C12H20O5. The standard InChI is InChI=1S/C12H20O5/c1-5-9(11(14)16-6-2)10(8(4)13)12(15)17-7-3/h9-10H,5-7H2,1-4H3/t9-,10-/m1/s1. The fourth-order valence-electron chi connectivity index (χ4n) is 1.63. The summed E-state index contributed by atoms with van der Waals surface area (Å²) in [6.07, 6.45) is 0.363. The van der Waals surface area contributed by atoms with Crippen LogP contribution in [0, 0.1) is 11.8 Å². The highest BCUT2D eigenvalue weighted by atomic mass is 16.5. The van der Waals surface area contributed by atoms with Gasteiger partial charge in [0.15, 0.2) is 0 Å². The molecule has 0 aliphatic rings. The molecule has 0 saturated carbocycles. The average molecular weight is 244 g/mol. The van der Waals surface area contributed by atoms with Gasteiger partial charge in [0.05, 0.1) is 19.1 Å².